The minimum Gasteiger partial charge on any atom is -0.438 e. The zero-order valence-corrected chi connectivity index (χ0v) is 10.8. The molecule has 0 unspecified atom stereocenters. The lowest BCUT2D eigenvalue weighted by Gasteiger charge is -2.10. The molecule has 0 radical (unpaired) electrons. The summed E-state index contributed by atoms with van der Waals surface area (Å²) in [4.78, 5) is 4.18. The van der Waals surface area contributed by atoms with Crippen molar-refractivity contribution >= 4 is 0 Å². The monoisotopic (exact) mass is 254 g/mol. The van der Waals surface area contributed by atoms with E-state index in [0.29, 0.717) is 17.2 Å². The first-order valence-corrected chi connectivity index (χ1v) is 5.89. The van der Waals surface area contributed by atoms with Crippen molar-refractivity contribution in [1.82, 2.24) is 4.98 Å². The lowest BCUT2D eigenvalue weighted by Crippen LogP contribution is -1.95. The molecule has 1 N–H and O–H groups in total. The van der Waals surface area contributed by atoms with E-state index in [-0.39, 0.29) is 6.61 Å². The van der Waals surface area contributed by atoms with E-state index in [0.717, 1.165) is 16.7 Å². The molecular formula is C15H14N2O2. The summed E-state index contributed by atoms with van der Waals surface area (Å²) in [7, 11) is 0. The molecule has 0 aliphatic carbocycles. The molecule has 4 heteroatoms. The van der Waals surface area contributed by atoms with Crippen LogP contribution in [0.25, 0.3) is 0 Å². The lowest BCUT2D eigenvalue weighted by atomic mass is 10.1. The van der Waals surface area contributed by atoms with Gasteiger partial charge in [0.1, 0.15) is 5.75 Å². The summed E-state index contributed by atoms with van der Waals surface area (Å²) >= 11 is 0. The Morgan fingerprint density at radius 2 is 2.05 bits per heavy atom. The van der Waals surface area contributed by atoms with Gasteiger partial charge in [-0.3, -0.25) is 0 Å². The summed E-state index contributed by atoms with van der Waals surface area (Å²) < 4.78 is 5.74. The van der Waals surface area contributed by atoms with Gasteiger partial charge in [-0.2, -0.15) is 5.26 Å². The SMILES string of the molecule is Cc1ccc(C#N)cc1Oc1ncc(CO)cc1C. The second-order valence-corrected chi connectivity index (χ2v) is 4.32. The molecule has 19 heavy (non-hydrogen) atoms. The average molecular weight is 254 g/mol. The van der Waals surface area contributed by atoms with E-state index >= 15 is 0 Å². The highest BCUT2D eigenvalue weighted by atomic mass is 16.5. The number of aliphatic hydroxyl groups excluding tert-OH is 1. The van der Waals surface area contributed by atoms with Crippen molar-refractivity contribution in [3.8, 4) is 17.7 Å². The maximum atomic E-state index is 9.04. The fraction of sp³-hybridized carbons (Fsp3) is 0.200. The number of aliphatic hydroxyl groups is 1. The highest BCUT2D eigenvalue weighted by Gasteiger charge is 2.07. The number of pyridine rings is 1. The van der Waals surface area contributed by atoms with E-state index in [2.05, 4.69) is 11.1 Å². The number of hydrogen-bond acceptors (Lipinski definition) is 4. The fourth-order valence-corrected chi connectivity index (χ4v) is 1.70. The molecule has 96 valence electrons. The van der Waals surface area contributed by atoms with Gasteiger partial charge in [0.05, 0.1) is 18.2 Å². The molecule has 0 fully saturated rings. The molecule has 2 rings (SSSR count). The molecule has 0 amide bonds. The van der Waals surface area contributed by atoms with E-state index < -0.39 is 0 Å². The van der Waals surface area contributed by atoms with Crippen molar-refractivity contribution in [2.75, 3.05) is 0 Å². The van der Waals surface area contributed by atoms with E-state index in [1.807, 2.05) is 26.0 Å². The van der Waals surface area contributed by atoms with Crippen LogP contribution in [0.2, 0.25) is 0 Å². The molecule has 1 aromatic carbocycles. The number of rotatable bonds is 3. The smallest absolute Gasteiger partial charge is 0.222 e. The second-order valence-electron chi connectivity index (χ2n) is 4.32. The summed E-state index contributed by atoms with van der Waals surface area (Å²) in [5.74, 6) is 1.10. The normalized spacial score (nSPS) is 10.0. The van der Waals surface area contributed by atoms with Gasteiger partial charge in [0.2, 0.25) is 5.88 Å². The van der Waals surface area contributed by atoms with Gasteiger partial charge in [0.15, 0.2) is 0 Å². The molecule has 0 spiro atoms. The van der Waals surface area contributed by atoms with Crippen LogP contribution >= 0.6 is 0 Å². The molecule has 0 bridgehead atoms. The Balaban J connectivity index is 2.33. The van der Waals surface area contributed by atoms with E-state index in [9.17, 15) is 0 Å². The van der Waals surface area contributed by atoms with Gasteiger partial charge >= 0.3 is 0 Å². The maximum absolute atomic E-state index is 9.04. The maximum Gasteiger partial charge on any atom is 0.222 e. The number of aromatic nitrogens is 1. The third-order valence-corrected chi connectivity index (χ3v) is 2.79. The van der Waals surface area contributed by atoms with Gasteiger partial charge < -0.3 is 9.84 Å². The highest BCUT2D eigenvalue weighted by molar-refractivity contribution is 5.44. The zero-order chi connectivity index (χ0) is 13.8. The molecule has 0 atom stereocenters. The standard InChI is InChI=1S/C15H14N2O2/c1-10-3-4-12(7-16)6-14(10)19-15-11(2)5-13(9-18)8-17-15/h3-6,8,18H,9H2,1-2H3. The lowest BCUT2D eigenvalue weighted by molar-refractivity contribution is 0.281. The van der Waals surface area contributed by atoms with Crippen molar-refractivity contribution in [3.63, 3.8) is 0 Å². The third kappa shape index (κ3) is 2.90. The molecule has 2 aromatic rings. The van der Waals surface area contributed by atoms with Crippen LogP contribution in [0, 0.1) is 25.2 Å². The van der Waals surface area contributed by atoms with Gasteiger partial charge in [0, 0.05) is 11.8 Å². The minimum absolute atomic E-state index is 0.0446. The first kappa shape index (κ1) is 13.1. The largest absolute Gasteiger partial charge is 0.438 e. The Hall–Kier alpha value is -2.38. The molecule has 1 aromatic heterocycles. The molecule has 0 aliphatic heterocycles. The molecule has 4 nitrogen and oxygen atoms in total. The van der Waals surface area contributed by atoms with E-state index in [1.165, 1.54) is 0 Å². The van der Waals surface area contributed by atoms with E-state index in [4.69, 9.17) is 15.1 Å². The average Bonchev–Trinajstić information content (AvgIpc) is 2.43. The van der Waals surface area contributed by atoms with Gasteiger partial charge in [-0.15, -0.1) is 0 Å². The highest BCUT2D eigenvalue weighted by Crippen LogP contribution is 2.27. The summed E-state index contributed by atoms with van der Waals surface area (Å²) in [6.45, 7) is 3.73. The van der Waals surface area contributed by atoms with Crippen LogP contribution in [0.3, 0.4) is 0 Å². The predicted molar refractivity (Wildman–Crippen MR) is 70.9 cm³/mol. The number of hydrogen-bond donors (Lipinski definition) is 1. The first-order chi connectivity index (χ1) is 9.13. The summed E-state index contributed by atoms with van der Waals surface area (Å²) in [5, 5.41) is 17.9. The third-order valence-electron chi connectivity index (χ3n) is 2.79. The van der Waals surface area contributed by atoms with Crippen LogP contribution in [0.15, 0.2) is 30.5 Å². The van der Waals surface area contributed by atoms with Crippen LogP contribution in [0.5, 0.6) is 11.6 Å². The van der Waals surface area contributed by atoms with Crippen LogP contribution in [-0.2, 0) is 6.61 Å². The summed E-state index contributed by atoms with van der Waals surface area (Å²) in [5.41, 5.74) is 3.07. The molecule has 0 aliphatic rings. The zero-order valence-electron chi connectivity index (χ0n) is 10.8. The van der Waals surface area contributed by atoms with Crippen LogP contribution in [0.4, 0.5) is 0 Å². The summed E-state index contributed by atoms with van der Waals surface area (Å²) in [6.07, 6.45) is 1.58. The topological polar surface area (TPSA) is 66.1 Å². The van der Waals surface area contributed by atoms with Crippen molar-refractivity contribution in [3.05, 3.63) is 52.7 Å². The molecule has 0 saturated carbocycles. The predicted octanol–water partition coefficient (Wildman–Crippen LogP) is 2.85. The first-order valence-electron chi connectivity index (χ1n) is 5.89. The van der Waals surface area contributed by atoms with Crippen molar-refractivity contribution < 1.29 is 9.84 Å². The van der Waals surface area contributed by atoms with Crippen LogP contribution < -0.4 is 4.74 Å². The Morgan fingerprint density at radius 1 is 1.26 bits per heavy atom. The quantitative estimate of drug-likeness (QED) is 0.914. The molecule has 1 heterocycles. The van der Waals surface area contributed by atoms with E-state index in [1.54, 1.807) is 18.3 Å². The Morgan fingerprint density at radius 3 is 2.68 bits per heavy atom. The second kappa shape index (κ2) is 5.51. The fourth-order valence-electron chi connectivity index (χ4n) is 1.70. The van der Waals surface area contributed by atoms with Crippen LogP contribution in [0.1, 0.15) is 22.3 Å². The number of benzene rings is 1. The van der Waals surface area contributed by atoms with Gasteiger partial charge in [-0.05, 0) is 43.2 Å². The minimum atomic E-state index is -0.0446. The number of nitrogens with zero attached hydrogens (tertiary/aromatic N) is 2. The number of ether oxygens (including phenoxy) is 1. The summed E-state index contributed by atoms with van der Waals surface area (Å²) in [6, 6.07) is 9.18. The van der Waals surface area contributed by atoms with Crippen molar-refractivity contribution in [2.24, 2.45) is 0 Å². The Labute approximate surface area is 111 Å². The molecule has 0 saturated heterocycles. The Bertz CT molecular complexity index is 645. The number of nitriles is 1. The van der Waals surface area contributed by atoms with Crippen molar-refractivity contribution in [2.45, 2.75) is 20.5 Å². The van der Waals surface area contributed by atoms with Crippen molar-refractivity contribution in [1.29, 1.82) is 5.26 Å². The molecular weight excluding hydrogens is 240 g/mol. The Kier molecular flexibility index (Phi) is 3.79. The van der Waals surface area contributed by atoms with Crippen LogP contribution in [-0.4, -0.2) is 10.1 Å². The van der Waals surface area contributed by atoms with Gasteiger partial charge in [-0.1, -0.05) is 6.07 Å². The van der Waals surface area contributed by atoms with Gasteiger partial charge in [-0.25, -0.2) is 4.98 Å². The van der Waals surface area contributed by atoms with Gasteiger partial charge in [0.25, 0.3) is 0 Å². The number of aryl methyl sites for hydroxylation is 2.